The van der Waals surface area contributed by atoms with Crippen LogP contribution in [0.5, 0.6) is 5.75 Å². The van der Waals surface area contributed by atoms with Crippen LogP contribution in [-0.4, -0.2) is 25.1 Å². The van der Waals surface area contributed by atoms with Crippen LogP contribution in [0.3, 0.4) is 0 Å². The molecule has 0 saturated heterocycles. The smallest absolute Gasteiger partial charge is 0.318 e. The van der Waals surface area contributed by atoms with E-state index < -0.39 is 11.9 Å². The van der Waals surface area contributed by atoms with Crippen molar-refractivity contribution in [1.29, 1.82) is 0 Å². The number of primary amides is 1. The summed E-state index contributed by atoms with van der Waals surface area (Å²) in [5, 5.41) is 4.82. The lowest BCUT2D eigenvalue weighted by molar-refractivity contribution is -0.118. The summed E-state index contributed by atoms with van der Waals surface area (Å²) in [5.41, 5.74) is 5.51. The second-order valence-corrected chi connectivity index (χ2v) is 3.20. The summed E-state index contributed by atoms with van der Waals surface area (Å²) < 4.78 is 5.36. The monoisotopic (exact) mass is 237 g/mol. The first-order valence-corrected chi connectivity index (χ1v) is 5.18. The van der Waals surface area contributed by atoms with Gasteiger partial charge in [-0.25, -0.2) is 4.79 Å². The van der Waals surface area contributed by atoms with Gasteiger partial charge in [0, 0.05) is 0 Å². The molecule has 0 fully saturated rings. The first-order valence-electron chi connectivity index (χ1n) is 5.18. The Kier molecular flexibility index (Phi) is 4.80. The Labute approximate surface area is 99.1 Å². The molecule has 6 nitrogen and oxygen atoms in total. The van der Waals surface area contributed by atoms with E-state index in [4.69, 9.17) is 10.5 Å². The first kappa shape index (κ1) is 12.8. The van der Waals surface area contributed by atoms with Gasteiger partial charge in [0.15, 0.2) is 0 Å². The number of imide groups is 1. The van der Waals surface area contributed by atoms with Gasteiger partial charge in [-0.1, -0.05) is 12.1 Å². The van der Waals surface area contributed by atoms with Gasteiger partial charge < -0.3 is 15.8 Å². The molecular weight excluding hydrogens is 222 g/mol. The lowest BCUT2D eigenvalue weighted by Crippen LogP contribution is -2.38. The summed E-state index contributed by atoms with van der Waals surface area (Å²) in [6, 6.07) is 6.35. The minimum atomic E-state index is -0.866. The first-order chi connectivity index (χ1) is 8.13. The maximum atomic E-state index is 11.2. The molecule has 0 radical (unpaired) electrons. The predicted molar refractivity (Wildman–Crippen MR) is 63.8 cm³/mol. The SMILES string of the molecule is CCOc1ccccc1NCC(=O)NC(N)=O. The summed E-state index contributed by atoms with van der Waals surface area (Å²) in [6.45, 7) is 2.36. The van der Waals surface area contributed by atoms with E-state index in [1.807, 2.05) is 24.4 Å². The van der Waals surface area contributed by atoms with E-state index >= 15 is 0 Å². The van der Waals surface area contributed by atoms with Crippen LogP contribution in [-0.2, 0) is 4.79 Å². The third kappa shape index (κ3) is 4.42. The van der Waals surface area contributed by atoms with Crippen molar-refractivity contribution >= 4 is 17.6 Å². The Morgan fingerprint density at radius 1 is 1.35 bits per heavy atom. The highest BCUT2D eigenvalue weighted by atomic mass is 16.5. The molecule has 0 aliphatic carbocycles. The minimum absolute atomic E-state index is 0.0486. The molecule has 1 aromatic carbocycles. The van der Waals surface area contributed by atoms with E-state index in [0.29, 0.717) is 18.0 Å². The number of ether oxygens (including phenoxy) is 1. The van der Waals surface area contributed by atoms with E-state index in [1.54, 1.807) is 12.1 Å². The summed E-state index contributed by atoms with van der Waals surface area (Å²) in [6.07, 6.45) is 0. The number of nitrogens with two attached hydrogens (primary N) is 1. The normalized spacial score (nSPS) is 9.47. The van der Waals surface area contributed by atoms with Crippen LogP contribution < -0.4 is 21.1 Å². The number of para-hydroxylation sites is 2. The summed E-state index contributed by atoms with van der Waals surface area (Å²) >= 11 is 0. The molecule has 6 heteroatoms. The van der Waals surface area contributed by atoms with Crippen molar-refractivity contribution in [2.45, 2.75) is 6.92 Å². The highest BCUT2D eigenvalue weighted by Crippen LogP contribution is 2.23. The number of hydrogen-bond donors (Lipinski definition) is 3. The molecule has 0 atom stereocenters. The number of carbonyl (C=O) groups excluding carboxylic acids is 2. The fourth-order valence-corrected chi connectivity index (χ4v) is 1.25. The highest BCUT2D eigenvalue weighted by Gasteiger charge is 2.06. The Morgan fingerprint density at radius 3 is 2.71 bits per heavy atom. The molecule has 3 amide bonds. The van der Waals surface area contributed by atoms with E-state index in [2.05, 4.69) is 5.32 Å². The maximum Gasteiger partial charge on any atom is 0.318 e. The third-order valence-corrected chi connectivity index (χ3v) is 1.89. The maximum absolute atomic E-state index is 11.2. The summed E-state index contributed by atoms with van der Waals surface area (Å²) in [4.78, 5) is 21.6. The Hall–Kier alpha value is -2.24. The van der Waals surface area contributed by atoms with Crippen LogP contribution >= 0.6 is 0 Å². The number of hydrogen-bond acceptors (Lipinski definition) is 4. The molecule has 0 aliphatic rings. The van der Waals surface area contributed by atoms with E-state index in [9.17, 15) is 9.59 Å². The van der Waals surface area contributed by atoms with Crippen molar-refractivity contribution in [2.75, 3.05) is 18.5 Å². The summed E-state index contributed by atoms with van der Waals surface area (Å²) in [7, 11) is 0. The zero-order chi connectivity index (χ0) is 12.7. The number of urea groups is 1. The fraction of sp³-hybridized carbons (Fsp3) is 0.273. The van der Waals surface area contributed by atoms with Crippen molar-refractivity contribution < 1.29 is 14.3 Å². The van der Waals surface area contributed by atoms with Crippen molar-refractivity contribution in [2.24, 2.45) is 5.73 Å². The van der Waals surface area contributed by atoms with Crippen molar-refractivity contribution in [3.63, 3.8) is 0 Å². The molecule has 0 heterocycles. The van der Waals surface area contributed by atoms with Crippen molar-refractivity contribution in [3.8, 4) is 5.75 Å². The molecule has 1 aromatic rings. The van der Waals surface area contributed by atoms with Gasteiger partial charge in [0.05, 0.1) is 18.8 Å². The van der Waals surface area contributed by atoms with E-state index in [0.717, 1.165) is 0 Å². The standard InChI is InChI=1S/C11H15N3O3/c1-2-17-9-6-4-3-5-8(9)13-7-10(15)14-11(12)16/h3-6,13H,2,7H2,1H3,(H3,12,14,15,16). The number of anilines is 1. The van der Waals surface area contributed by atoms with Gasteiger partial charge in [-0.2, -0.15) is 0 Å². The molecule has 0 aliphatic heterocycles. The number of carbonyl (C=O) groups is 2. The van der Waals surface area contributed by atoms with Crippen LogP contribution in [0.15, 0.2) is 24.3 Å². The quantitative estimate of drug-likeness (QED) is 0.702. The zero-order valence-electron chi connectivity index (χ0n) is 9.53. The zero-order valence-corrected chi connectivity index (χ0v) is 9.53. The lowest BCUT2D eigenvalue weighted by Gasteiger charge is -2.11. The topological polar surface area (TPSA) is 93.4 Å². The molecule has 1 rings (SSSR count). The molecule has 0 unspecified atom stereocenters. The highest BCUT2D eigenvalue weighted by molar-refractivity contribution is 5.95. The van der Waals surface area contributed by atoms with Gasteiger partial charge in [0.25, 0.3) is 0 Å². The van der Waals surface area contributed by atoms with Gasteiger partial charge in [0.1, 0.15) is 5.75 Å². The predicted octanol–water partition coefficient (Wildman–Crippen LogP) is 0.692. The summed E-state index contributed by atoms with van der Waals surface area (Å²) in [5.74, 6) is 0.158. The van der Waals surface area contributed by atoms with Crippen LogP contribution in [0.4, 0.5) is 10.5 Å². The molecule has 0 spiro atoms. The molecule has 0 bridgehead atoms. The van der Waals surface area contributed by atoms with E-state index in [1.165, 1.54) is 0 Å². The second kappa shape index (κ2) is 6.37. The fourth-order valence-electron chi connectivity index (χ4n) is 1.25. The second-order valence-electron chi connectivity index (χ2n) is 3.20. The van der Waals surface area contributed by atoms with Crippen LogP contribution in [0.25, 0.3) is 0 Å². The van der Waals surface area contributed by atoms with Crippen molar-refractivity contribution in [3.05, 3.63) is 24.3 Å². The van der Waals surface area contributed by atoms with Gasteiger partial charge in [-0.3, -0.25) is 10.1 Å². The number of amides is 3. The van der Waals surface area contributed by atoms with Crippen molar-refractivity contribution in [1.82, 2.24) is 5.32 Å². The van der Waals surface area contributed by atoms with Gasteiger partial charge in [0.2, 0.25) is 5.91 Å². The van der Waals surface area contributed by atoms with E-state index in [-0.39, 0.29) is 6.54 Å². The minimum Gasteiger partial charge on any atom is -0.492 e. The molecule has 17 heavy (non-hydrogen) atoms. The molecule has 92 valence electrons. The number of benzene rings is 1. The molecular formula is C11H15N3O3. The average Bonchev–Trinajstić information content (AvgIpc) is 2.27. The molecule has 4 N–H and O–H groups in total. The Balaban J connectivity index is 2.56. The number of rotatable bonds is 5. The van der Waals surface area contributed by atoms with Gasteiger partial charge >= 0.3 is 6.03 Å². The molecule has 0 aromatic heterocycles. The van der Waals surface area contributed by atoms with Gasteiger partial charge in [-0.15, -0.1) is 0 Å². The van der Waals surface area contributed by atoms with Gasteiger partial charge in [-0.05, 0) is 19.1 Å². The Bertz CT molecular complexity index is 407. The number of nitrogens with one attached hydrogen (secondary N) is 2. The lowest BCUT2D eigenvalue weighted by atomic mass is 10.3. The van der Waals surface area contributed by atoms with Crippen LogP contribution in [0.2, 0.25) is 0 Å². The van der Waals surface area contributed by atoms with Crippen LogP contribution in [0, 0.1) is 0 Å². The third-order valence-electron chi connectivity index (χ3n) is 1.89. The average molecular weight is 237 g/mol. The molecule has 0 saturated carbocycles. The largest absolute Gasteiger partial charge is 0.492 e. The van der Waals surface area contributed by atoms with Crippen LogP contribution in [0.1, 0.15) is 6.92 Å². The Morgan fingerprint density at radius 2 is 2.06 bits per heavy atom.